The van der Waals surface area contributed by atoms with E-state index in [2.05, 4.69) is 20.1 Å². The van der Waals surface area contributed by atoms with Crippen LogP contribution in [0.25, 0.3) is 11.4 Å². The van der Waals surface area contributed by atoms with Crippen molar-refractivity contribution >= 4 is 17.4 Å². The van der Waals surface area contributed by atoms with Crippen molar-refractivity contribution in [3.8, 4) is 0 Å². The van der Waals surface area contributed by atoms with Gasteiger partial charge < -0.3 is 4.74 Å². The molecule has 0 fully saturated rings. The summed E-state index contributed by atoms with van der Waals surface area (Å²) in [5, 5.41) is 4.08. The molecular weight excluding hydrogens is 336 g/mol. The van der Waals surface area contributed by atoms with Crippen molar-refractivity contribution in [2.75, 3.05) is 0 Å². The highest BCUT2D eigenvalue weighted by molar-refractivity contribution is 5.85. The summed E-state index contributed by atoms with van der Waals surface area (Å²) in [6.45, 7) is 3.56. The molecule has 0 amide bonds. The van der Waals surface area contributed by atoms with Gasteiger partial charge in [0.25, 0.3) is 17.2 Å². The number of hydrogen-bond donors (Lipinski definition) is 0. The largest absolute Gasteiger partial charge is 0.453 e. The molecule has 0 bridgehead atoms. The molecule has 0 aliphatic heterocycles. The van der Waals surface area contributed by atoms with Crippen LogP contribution in [-0.4, -0.2) is 34.9 Å². The van der Waals surface area contributed by atoms with Gasteiger partial charge in [-0.15, -0.1) is 5.10 Å². The molecule has 0 aliphatic carbocycles. The summed E-state index contributed by atoms with van der Waals surface area (Å²) in [4.78, 5) is 36.8. The van der Waals surface area contributed by atoms with Crippen LogP contribution in [-0.2, 0) is 11.3 Å². The number of aryl methyl sites for hydroxylation is 2. The molecule has 4 aromatic heterocycles. The van der Waals surface area contributed by atoms with E-state index in [0.29, 0.717) is 17.1 Å². The van der Waals surface area contributed by atoms with Crippen molar-refractivity contribution < 1.29 is 9.53 Å². The lowest BCUT2D eigenvalue weighted by Gasteiger charge is -2.05. The summed E-state index contributed by atoms with van der Waals surface area (Å²) in [5.74, 6) is -0.491. The molecule has 0 saturated heterocycles. The van der Waals surface area contributed by atoms with Crippen LogP contribution in [0.2, 0.25) is 0 Å². The maximum absolute atomic E-state index is 12.2. The first-order chi connectivity index (χ1) is 12.5. The zero-order valence-electron chi connectivity index (χ0n) is 14.1. The van der Waals surface area contributed by atoms with Crippen LogP contribution in [0.15, 0.2) is 41.5 Å². The van der Waals surface area contributed by atoms with Gasteiger partial charge in [-0.2, -0.15) is 4.98 Å². The van der Waals surface area contributed by atoms with E-state index < -0.39 is 5.97 Å². The Bertz CT molecular complexity index is 1210. The molecule has 9 heteroatoms. The van der Waals surface area contributed by atoms with Gasteiger partial charge in [-0.05, 0) is 31.5 Å². The number of esters is 1. The smallest absolute Gasteiger partial charge is 0.378 e. The van der Waals surface area contributed by atoms with Crippen molar-refractivity contribution in [2.24, 2.45) is 0 Å². The normalized spacial score (nSPS) is 11.2. The van der Waals surface area contributed by atoms with E-state index in [4.69, 9.17) is 4.74 Å². The van der Waals surface area contributed by atoms with Crippen LogP contribution in [0.1, 0.15) is 27.6 Å². The molecule has 9 nitrogen and oxygen atoms in total. The van der Waals surface area contributed by atoms with Gasteiger partial charge in [0.2, 0.25) is 0 Å². The number of carbonyl (C=O) groups excluding carboxylic acids is 1. The predicted molar refractivity (Wildman–Crippen MR) is 90.8 cm³/mol. The third kappa shape index (κ3) is 2.79. The highest BCUT2D eigenvalue weighted by Gasteiger charge is 2.16. The highest BCUT2D eigenvalue weighted by atomic mass is 16.5. The fraction of sp³-hybridized carbons (Fsp3) is 0.176. The standard InChI is InChI=1S/C17H14N6O3/c1-10-3-4-13-19-12(7-14(24)22(13)8-10)9-26-16(25)15-20-17-18-6-5-11(2)23(17)21-15/h3-8H,9H2,1-2H3. The topological polar surface area (TPSA) is 104 Å². The zero-order valence-corrected chi connectivity index (χ0v) is 14.1. The fourth-order valence-corrected chi connectivity index (χ4v) is 2.53. The van der Waals surface area contributed by atoms with E-state index in [1.165, 1.54) is 15.0 Å². The Morgan fingerprint density at radius 3 is 2.85 bits per heavy atom. The molecule has 4 heterocycles. The summed E-state index contributed by atoms with van der Waals surface area (Å²) in [6, 6.07) is 6.68. The molecule has 0 N–H and O–H groups in total. The van der Waals surface area contributed by atoms with Crippen LogP contribution < -0.4 is 5.56 Å². The van der Waals surface area contributed by atoms with Crippen LogP contribution in [0.5, 0.6) is 0 Å². The third-order valence-electron chi connectivity index (χ3n) is 3.82. The summed E-state index contributed by atoms with van der Waals surface area (Å²) in [7, 11) is 0. The quantitative estimate of drug-likeness (QED) is 0.510. The minimum absolute atomic E-state index is 0.0973. The average molecular weight is 350 g/mol. The van der Waals surface area contributed by atoms with E-state index >= 15 is 0 Å². The summed E-state index contributed by atoms with van der Waals surface area (Å²) >= 11 is 0. The van der Waals surface area contributed by atoms with Gasteiger partial charge in [0, 0.05) is 24.2 Å². The molecule has 0 atom stereocenters. The van der Waals surface area contributed by atoms with E-state index in [0.717, 1.165) is 11.3 Å². The van der Waals surface area contributed by atoms with Crippen molar-refractivity contribution in [2.45, 2.75) is 20.5 Å². The van der Waals surface area contributed by atoms with Crippen LogP contribution >= 0.6 is 0 Å². The van der Waals surface area contributed by atoms with Crippen molar-refractivity contribution in [3.05, 3.63) is 69.8 Å². The molecule has 0 aliphatic rings. The SMILES string of the molecule is Cc1ccc2nc(COC(=O)c3nc4nccc(C)n4n3)cc(=O)n2c1. The molecule has 0 saturated carbocycles. The third-order valence-corrected chi connectivity index (χ3v) is 3.82. The minimum atomic E-state index is -0.708. The minimum Gasteiger partial charge on any atom is -0.453 e. The van der Waals surface area contributed by atoms with E-state index in [1.54, 1.807) is 24.5 Å². The molecule has 0 unspecified atom stereocenters. The highest BCUT2D eigenvalue weighted by Crippen LogP contribution is 2.06. The Morgan fingerprint density at radius 1 is 1.19 bits per heavy atom. The number of rotatable bonds is 3. The zero-order chi connectivity index (χ0) is 18.3. The van der Waals surface area contributed by atoms with Crippen molar-refractivity contribution in [3.63, 3.8) is 0 Å². The van der Waals surface area contributed by atoms with Gasteiger partial charge in [-0.3, -0.25) is 9.20 Å². The summed E-state index contributed by atoms with van der Waals surface area (Å²) < 4.78 is 8.10. The van der Waals surface area contributed by atoms with Crippen LogP contribution in [0, 0.1) is 13.8 Å². The first-order valence-corrected chi connectivity index (χ1v) is 7.86. The number of pyridine rings is 1. The van der Waals surface area contributed by atoms with Gasteiger partial charge in [-0.1, -0.05) is 6.07 Å². The molecule has 26 heavy (non-hydrogen) atoms. The van der Waals surface area contributed by atoms with Crippen molar-refractivity contribution in [1.29, 1.82) is 0 Å². The Kier molecular flexibility index (Phi) is 3.68. The number of ether oxygens (including phenoxy) is 1. The van der Waals surface area contributed by atoms with Gasteiger partial charge in [-0.25, -0.2) is 19.3 Å². The Balaban J connectivity index is 1.57. The maximum atomic E-state index is 12.2. The Labute approximate surface area is 146 Å². The first-order valence-electron chi connectivity index (χ1n) is 7.86. The lowest BCUT2D eigenvalue weighted by Crippen LogP contribution is -2.17. The second-order valence-electron chi connectivity index (χ2n) is 5.83. The van der Waals surface area contributed by atoms with Gasteiger partial charge >= 0.3 is 5.97 Å². The lowest BCUT2D eigenvalue weighted by molar-refractivity contribution is 0.0453. The lowest BCUT2D eigenvalue weighted by atomic mass is 10.3. The Hall–Kier alpha value is -3.62. The molecule has 4 aromatic rings. The van der Waals surface area contributed by atoms with Crippen LogP contribution in [0.3, 0.4) is 0 Å². The Morgan fingerprint density at radius 2 is 2.04 bits per heavy atom. The first kappa shape index (κ1) is 15.9. The number of carbonyl (C=O) groups is 1. The molecule has 4 rings (SSSR count). The van der Waals surface area contributed by atoms with Gasteiger partial charge in [0.1, 0.15) is 12.3 Å². The number of hydrogen-bond acceptors (Lipinski definition) is 7. The van der Waals surface area contributed by atoms with E-state index in [-0.39, 0.29) is 18.0 Å². The molecule has 0 aromatic carbocycles. The summed E-state index contributed by atoms with van der Waals surface area (Å²) in [5.41, 5.74) is 2.34. The molecular formula is C17H14N6O3. The maximum Gasteiger partial charge on any atom is 0.378 e. The van der Waals surface area contributed by atoms with Crippen LogP contribution in [0.4, 0.5) is 0 Å². The number of aromatic nitrogens is 6. The monoisotopic (exact) mass is 350 g/mol. The van der Waals surface area contributed by atoms with E-state index in [9.17, 15) is 9.59 Å². The number of fused-ring (bicyclic) bond motifs is 2. The average Bonchev–Trinajstić information content (AvgIpc) is 3.06. The molecule has 0 radical (unpaired) electrons. The molecule has 130 valence electrons. The van der Waals surface area contributed by atoms with Crippen molar-refractivity contribution in [1.82, 2.24) is 29.0 Å². The second kappa shape index (κ2) is 6.03. The second-order valence-corrected chi connectivity index (χ2v) is 5.83. The van der Waals surface area contributed by atoms with Gasteiger partial charge in [0.15, 0.2) is 0 Å². The fourth-order valence-electron chi connectivity index (χ4n) is 2.53. The predicted octanol–water partition coefficient (Wildman–Crippen LogP) is 1.11. The van der Waals surface area contributed by atoms with E-state index in [1.807, 2.05) is 19.9 Å². The number of nitrogens with zero attached hydrogens (tertiary/aromatic N) is 6. The summed E-state index contributed by atoms with van der Waals surface area (Å²) in [6.07, 6.45) is 3.29. The van der Waals surface area contributed by atoms with Gasteiger partial charge in [0.05, 0.1) is 5.69 Å². The molecule has 0 spiro atoms.